The fraction of sp³-hybridized carbons (Fsp3) is 0.189. The van der Waals surface area contributed by atoms with Crippen molar-refractivity contribution < 1.29 is 4.42 Å². The summed E-state index contributed by atoms with van der Waals surface area (Å²) in [6.45, 7) is 11.1. The molecule has 3 aromatic heterocycles. The number of para-hydroxylation sites is 2. The maximum Gasteiger partial charge on any atom is 0.178 e. The van der Waals surface area contributed by atoms with Crippen molar-refractivity contribution in [3.63, 3.8) is 0 Å². The van der Waals surface area contributed by atoms with Gasteiger partial charge in [-0.2, -0.15) is 0 Å². The smallest absolute Gasteiger partial charge is 0.178 e. The zero-order chi connectivity index (χ0) is 28.2. The van der Waals surface area contributed by atoms with Crippen LogP contribution in [0, 0.1) is 6.92 Å². The van der Waals surface area contributed by atoms with Crippen molar-refractivity contribution in [2.24, 2.45) is 0 Å². The van der Waals surface area contributed by atoms with E-state index in [1.54, 1.807) is 0 Å². The highest BCUT2D eigenvalue weighted by molar-refractivity contribution is 6.10. The van der Waals surface area contributed by atoms with Crippen LogP contribution >= 0.6 is 0 Å². The predicted molar refractivity (Wildman–Crippen MR) is 170 cm³/mol. The van der Waals surface area contributed by atoms with E-state index < -0.39 is 0 Å². The molecule has 4 aromatic carbocycles. The molecule has 0 spiro atoms. The average molecular weight is 536 g/mol. The average Bonchev–Trinajstić information content (AvgIpc) is 3.55. The summed E-state index contributed by atoms with van der Waals surface area (Å²) < 4.78 is 9.00. The predicted octanol–water partition coefficient (Wildman–Crippen LogP) is 10.2. The van der Waals surface area contributed by atoms with E-state index in [2.05, 4.69) is 129 Å². The Morgan fingerprint density at radius 2 is 1.41 bits per heavy atom. The summed E-state index contributed by atoms with van der Waals surface area (Å²) >= 11 is 0. The van der Waals surface area contributed by atoms with Gasteiger partial charge in [0.15, 0.2) is 11.5 Å². The standard InChI is InChI=1S/C37H33N3O/c1-22(2)27-9-6-10-28(23(3)4)34(27)40-32-13-8-20-38-36(32)39-37(40)31-12-7-11-30-29-19-18-26(21-33(29)41-35(30)31)25-16-14-24(5)15-17-25/h6-23H,1-5H3. The van der Waals surface area contributed by atoms with Crippen LogP contribution in [0.1, 0.15) is 56.2 Å². The van der Waals surface area contributed by atoms with Crippen LogP contribution < -0.4 is 0 Å². The number of furan rings is 1. The second kappa shape index (κ2) is 9.74. The van der Waals surface area contributed by atoms with Crippen LogP contribution in [0.25, 0.3) is 61.3 Å². The Morgan fingerprint density at radius 1 is 0.707 bits per heavy atom. The van der Waals surface area contributed by atoms with Crippen molar-refractivity contribution in [1.82, 2.24) is 14.5 Å². The summed E-state index contributed by atoms with van der Waals surface area (Å²) in [5.41, 5.74) is 11.7. The number of fused-ring (bicyclic) bond motifs is 4. The van der Waals surface area contributed by atoms with Crippen LogP contribution in [0.15, 0.2) is 102 Å². The van der Waals surface area contributed by atoms with Crippen LogP contribution in [0.2, 0.25) is 0 Å². The fourth-order valence-corrected chi connectivity index (χ4v) is 5.99. The van der Waals surface area contributed by atoms with Gasteiger partial charge in [-0.15, -0.1) is 0 Å². The maximum atomic E-state index is 6.69. The Kier molecular flexibility index (Phi) is 6.01. The number of aryl methyl sites for hydroxylation is 1. The number of hydrogen-bond donors (Lipinski definition) is 0. The van der Waals surface area contributed by atoms with Crippen molar-refractivity contribution >= 4 is 33.1 Å². The van der Waals surface area contributed by atoms with E-state index in [9.17, 15) is 0 Å². The highest BCUT2D eigenvalue weighted by Crippen LogP contribution is 2.41. The van der Waals surface area contributed by atoms with Gasteiger partial charge in [0.05, 0.1) is 16.8 Å². The Bertz CT molecular complexity index is 2030. The Morgan fingerprint density at radius 3 is 2.15 bits per heavy atom. The van der Waals surface area contributed by atoms with Gasteiger partial charge < -0.3 is 4.42 Å². The molecule has 0 saturated carbocycles. The molecular weight excluding hydrogens is 502 g/mol. The quantitative estimate of drug-likeness (QED) is 0.220. The van der Waals surface area contributed by atoms with E-state index in [1.807, 2.05) is 12.3 Å². The van der Waals surface area contributed by atoms with Gasteiger partial charge in [0.1, 0.15) is 11.2 Å². The SMILES string of the molecule is Cc1ccc(-c2ccc3c(c2)oc2c(-c4nc5ncccc5n4-c4c(C(C)C)cccc4C(C)C)cccc23)cc1. The Balaban J connectivity index is 1.52. The first-order valence-corrected chi connectivity index (χ1v) is 14.4. The lowest BCUT2D eigenvalue weighted by Crippen LogP contribution is -2.08. The topological polar surface area (TPSA) is 43.9 Å². The summed E-state index contributed by atoms with van der Waals surface area (Å²) in [5.74, 6) is 1.53. The summed E-state index contributed by atoms with van der Waals surface area (Å²) in [5, 5.41) is 2.18. The highest BCUT2D eigenvalue weighted by Gasteiger charge is 2.24. The van der Waals surface area contributed by atoms with Crippen LogP contribution in [-0.4, -0.2) is 14.5 Å². The Hall–Kier alpha value is -4.70. The lowest BCUT2D eigenvalue weighted by atomic mass is 9.92. The minimum Gasteiger partial charge on any atom is -0.455 e. The van der Waals surface area contributed by atoms with Crippen molar-refractivity contribution in [3.8, 4) is 28.2 Å². The van der Waals surface area contributed by atoms with E-state index in [0.29, 0.717) is 11.8 Å². The number of benzene rings is 4. The van der Waals surface area contributed by atoms with E-state index in [4.69, 9.17) is 9.40 Å². The van der Waals surface area contributed by atoms with Crippen LogP contribution in [0.4, 0.5) is 0 Å². The first-order valence-electron chi connectivity index (χ1n) is 14.4. The first kappa shape index (κ1) is 25.3. The van der Waals surface area contributed by atoms with Crippen LogP contribution in [-0.2, 0) is 0 Å². The molecule has 7 aromatic rings. The molecule has 7 rings (SSSR count). The zero-order valence-electron chi connectivity index (χ0n) is 24.1. The number of hydrogen-bond acceptors (Lipinski definition) is 3. The molecule has 0 radical (unpaired) electrons. The molecule has 0 amide bonds. The van der Waals surface area contributed by atoms with Crippen molar-refractivity contribution in [2.75, 3.05) is 0 Å². The molecule has 4 nitrogen and oxygen atoms in total. The van der Waals surface area contributed by atoms with Crippen LogP contribution in [0.3, 0.4) is 0 Å². The van der Waals surface area contributed by atoms with Gasteiger partial charge in [0.2, 0.25) is 0 Å². The van der Waals surface area contributed by atoms with Gasteiger partial charge in [-0.3, -0.25) is 4.57 Å². The number of pyridine rings is 1. The van der Waals surface area contributed by atoms with E-state index in [1.165, 1.54) is 27.9 Å². The van der Waals surface area contributed by atoms with Gasteiger partial charge in [-0.1, -0.05) is 93.9 Å². The summed E-state index contributed by atoms with van der Waals surface area (Å²) in [6.07, 6.45) is 1.82. The third-order valence-electron chi connectivity index (χ3n) is 8.12. The van der Waals surface area contributed by atoms with Crippen molar-refractivity contribution in [2.45, 2.75) is 46.5 Å². The molecule has 0 fully saturated rings. The summed E-state index contributed by atoms with van der Waals surface area (Å²) in [7, 11) is 0. The molecule has 4 heteroatoms. The highest BCUT2D eigenvalue weighted by atomic mass is 16.3. The fourth-order valence-electron chi connectivity index (χ4n) is 5.99. The van der Waals surface area contributed by atoms with Gasteiger partial charge >= 0.3 is 0 Å². The lowest BCUT2D eigenvalue weighted by Gasteiger charge is -2.22. The van der Waals surface area contributed by atoms with E-state index in [-0.39, 0.29) is 0 Å². The molecule has 41 heavy (non-hydrogen) atoms. The molecule has 0 aliphatic rings. The number of aromatic nitrogens is 3. The van der Waals surface area contributed by atoms with Crippen LogP contribution in [0.5, 0.6) is 0 Å². The van der Waals surface area contributed by atoms with Gasteiger partial charge in [0.25, 0.3) is 0 Å². The third kappa shape index (κ3) is 4.13. The monoisotopic (exact) mass is 535 g/mol. The van der Waals surface area contributed by atoms with Crippen molar-refractivity contribution in [3.05, 3.63) is 114 Å². The Labute approximate surface area is 240 Å². The minimum atomic E-state index is 0.341. The second-order valence-electron chi connectivity index (χ2n) is 11.6. The number of rotatable bonds is 5. The molecule has 0 atom stereocenters. The molecule has 0 aliphatic carbocycles. The molecule has 202 valence electrons. The van der Waals surface area contributed by atoms with Gasteiger partial charge in [-0.25, -0.2) is 9.97 Å². The molecule has 0 saturated heterocycles. The zero-order valence-corrected chi connectivity index (χ0v) is 24.1. The summed E-state index contributed by atoms with van der Waals surface area (Å²) in [4.78, 5) is 9.82. The van der Waals surface area contributed by atoms with E-state index in [0.717, 1.165) is 50.1 Å². The maximum absolute atomic E-state index is 6.69. The number of imidazole rings is 1. The summed E-state index contributed by atoms with van der Waals surface area (Å²) in [6, 6.07) is 32.3. The largest absolute Gasteiger partial charge is 0.455 e. The molecule has 0 N–H and O–H groups in total. The normalized spacial score (nSPS) is 12.0. The third-order valence-corrected chi connectivity index (χ3v) is 8.12. The minimum absolute atomic E-state index is 0.341. The molecular formula is C37H33N3O. The van der Waals surface area contributed by atoms with Crippen molar-refractivity contribution in [1.29, 1.82) is 0 Å². The van der Waals surface area contributed by atoms with Gasteiger partial charge in [-0.05, 0) is 71.3 Å². The lowest BCUT2D eigenvalue weighted by molar-refractivity contribution is 0.669. The second-order valence-corrected chi connectivity index (χ2v) is 11.6. The molecule has 0 bridgehead atoms. The molecule has 0 unspecified atom stereocenters. The number of nitrogens with zero attached hydrogens (tertiary/aromatic N) is 3. The molecule has 0 aliphatic heterocycles. The first-order chi connectivity index (χ1) is 19.9. The van der Waals surface area contributed by atoms with Gasteiger partial charge in [0, 0.05) is 17.0 Å². The molecule has 3 heterocycles. The van der Waals surface area contributed by atoms with E-state index >= 15 is 0 Å².